The van der Waals surface area contributed by atoms with Crippen molar-refractivity contribution in [2.45, 2.75) is 13.0 Å². The molecule has 4 nitrogen and oxygen atoms in total. The number of nitrogens with zero attached hydrogens (tertiary/aromatic N) is 1. The van der Waals surface area contributed by atoms with Gasteiger partial charge in [-0.15, -0.1) is 0 Å². The highest BCUT2D eigenvalue weighted by molar-refractivity contribution is 6.00. The van der Waals surface area contributed by atoms with Gasteiger partial charge in [0.1, 0.15) is 11.7 Å². The molecule has 0 spiro atoms. The average molecular weight is 221 g/mol. The van der Waals surface area contributed by atoms with Gasteiger partial charge in [-0.1, -0.05) is 6.07 Å². The Kier molecular flexibility index (Phi) is 2.60. The number of primary amides is 1. The summed E-state index contributed by atoms with van der Waals surface area (Å²) in [5.41, 5.74) is 6.56. The van der Waals surface area contributed by atoms with Gasteiger partial charge in [-0.05, 0) is 17.7 Å². The summed E-state index contributed by atoms with van der Waals surface area (Å²) in [5.74, 6) is -0.481. The van der Waals surface area contributed by atoms with Gasteiger partial charge in [0.25, 0.3) is 0 Å². The summed E-state index contributed by atoms with van der Waals surface area (Å²) in [6.07, 6.45) is 0.207. The lowest BCUT2D eigenvalue weighted by molar-refractivity contribution is -0.118. The van der Waals surface area contributed by atoms with Crippen LogP contribution in [-0.2, 0) is 11.3 Å². The Balaban J connectivity index is 2.15. The SMILES string of the molecule is N=C1c2cc(F)ccc2CN1CCC(N)=O. The van der Waals surface area contributed by atoms with Crippen LogP contribution >= 0.6 is 0 Å². The number of hydrogen-bond acceptors (Lipinski definition) is 2. The van der Waals surface area contributed by atoms with E-state index in [1.165, 1.54) is 12.1 Å². The van der Waals surface area contributed by atoms with Crippen molar-refractivity contribution in [1.29, 1.82) is 5.41 Å². The van der Waals surface area contributed by atoms with E-state index < -0.39 is 5.91 Å². The topological polar surface area (TPSA) is 70.2 Å². The predicted octanol–water partition coefficient (Wildman–Crippen LogP) is 0.842. The van der Waals surface area contributed by atoms with Crippen LogP contribution in [0.5, 0.6) is 0 Å². The van der Waals surface area contributed by atoms with Crippen molar-refractivity contribution in [2.75, 3.05) is 6.54 Å². The van der Waals surface area contributed by atoms with Crippen molar-refractivity contribution in [2.24, 2.45) is 5.73 Å². The second kappa shape index (κ2) is 3.92. The van der Waals surface area contributed by atoms with Gasteiger partial charge < -0.3 is 10.6 Å². The Morgan fingerprint density at radius 1 is 1.56 bits per heavy atom. The van der Waals surface area contributed by atoms with E-state index in [2.05, 4.69) is 0 Å². The summed E-state index contributed by atoms with van der Waals surface area (Å²) in [6.45, 7) is 0.951. The van der Waals surface area contributed by atoms with E-state index in [9.17, 15) is 9.18 Å². The van der Waals surface area contributed by atoms with Gasteiger partial charge in [0.2, 0.25) is 5.91 Å². The third-order valence-corrected chi connectivity index (χ3v) is 2.63. The van der Waals surface area contributed by atoms with Gasteiger partial charge in [0, 0.05) is 25.1 Å². The molecule has 1 amide bonds. The van der Waals surface area contributed by atoms with E-state index >= 15 is 0 Å². The van der Waals surface area contributed by atoms with Gasteiger partial charge in [-0.3, -0.25) is 10.2 Å². The van der Waals surface area contributed by atoms with Crippen LogP contribution in [-0.4, -0.2) is 23.2 Å². The third kappa shape index (κ3) is 1.88. The predicted molar refractivity (Wildman–Crippen MR) is 57.5 cm³/mol. The lowest BCUT2D eigenvalue weighted by atomic mass is 10.1. The molecule has 84 valence electrons. The van der Waals surface area contributed by atoms with E-state index in [0.29, 0.717) is 18.7 Å². The molecule has 1 aliphatic rings. The van der Waals surface area contributed by atoms with E-state index in [0.717, 1.165) is 5.56 Å². The van der Waals surface area contributed by atoms with Gasteiger partial charge >= 0.3 is 0 Å². The Bertz CT molecular complexity index is 459. The van der Waals surface area contributed by atoms with Crippen molar-refractivity contribution < 1.29 is 9.18 Å². The van der Waals surface area contributed by atoms with E-state index in [-0.39, 0.29) is 18.1 Å². The number of carbonyl (C=O) groups is 1. The number of amidine groups is 1. The molecule has 0 saturated heterocycles. The molecule has 1 aliphatic heterocycles. The van der Waals surface area contributed by atoms with E-state index in [4.69, 9.17) is 11.1 Å². The number of nitrogens with two attached hydrogens (primary N) is 1. The fourth-order valence-corrected chi connectivity index (χ4v) is 1.80. The molecule has 0 radical (unpaired) electrons. The zero-order valence-corrected chi connectivity index (χ0v) is 8.66. The molecule has 0 saturated carbocycles. The van der Waals surface area contributed by atoms with Gasteiger partial charge in [-0.25, -0.2) is 4.39 Å². The summed E-state index contributed by atoms with van der Waals surface area (Å²) >= 11 is 0. The third-order valence-electron chi connectivity index (χ3n) is 2.63. The quantitative estimate of drug-likeness (QED) is 0.794. The van der Waals surface area contributed by atoms with Crippen LogP contribution in [0.4, 0.5) is 4.39 Å². The number of halogens is 1. The smallest absolute Gasteiger partial charge is 0.219 e. The van der Waals surface area contributed by atoms with Crippen LogP contribution in [0.15, 0.2) is 18.2 Å². The molecule has 1 heterocycles. The van der Waals surface area contributed by atoms with Crippen LogP contribution in [0.2, 0.25) is 0 Å². The number of carbonyl (C=O) groups excluding carboxylic acids is 1. The van der Waals surface area contributed by atoms with Crippen LogP contribution in [0.1, 0.15) is 17.5 Å². The fourth-order valence-electron chi connectivity index (χ4n) is 1.80. The van der Waals surface area contributed by atoms with E-state index in [1.54, 1.807) is 11.0 Å². The minimum absolute atomic E-state index is 0.207. The maximum Gasteiger partial charge on any atom is 0.219 e. The molecule has 0 aliphatic carbocycles. The second-order valence-electron chi connectivity index (χ2n) is 3.79. The van der Waals surface area contributed by atoms with Gasteiger partial charge in [-0.2, -0.15) is 0 Å². The maximum atomic E-state index is 13.0. The normalized spacial score (nSPS) is 14.1. The summed E-state index contributed by atoms with van der Waals surface area (Å²) in [7, 11) is 0. The molecule has 16 heavy (non-hydrogen) atoms. The van der Waals surface area contributed by atoms with Gasteiger partial charge in [0.05, 0.1) is 0 Å². The molecule has 0 unspecified atom stereocenters. The van der Waals surface area contributed by atoms with Crippen molar-refractivity contribution in [3.63, 3.8) is 0 Å². The Morgan fingerprint density at radius 2 is 2.31 bits per heavy atom. The number of hydrogen-bond donors (Lipinski definition) is 2. The highest BCUT2D eigenvalue weighted by atomic mass is 19.1. The first kappa shape index (κ1) is 10.6. The zero-order valence-electron chi connectivity index (χ0n) is 8.66. The molecule has 5 heteroatoms. The summed E-state index contributed by atoms with van der Waals surface area (Å²) in [6, 6.07) is 4.40. The minimum Gasteiger partial charge on any atom is -0.370 e. The largest absolute Gasteiger partial charge is 0.370 e. The number of nitrogens with one attached hydrogen (secondary N) is 1. The fraction of sp³-hybridized carbons (Fsp3) is 0.273. The first-order valence-electron chi connectivity index (χ1n) is 4.98. The maximum absolute atomic E-state index is 13.0. The number of rotatable bonds is 3. The molecular weight excluding hydrogens is 209 g/mol. The Labute approximate surface area is 92.4 Å². The van der Waals surface area contributed by atoms with Crippen LogP contribution in [0.25, 0.3) is 0 Å². The first-order valence-corrected chi connectivity index (χ1v) is 4.98. The second-order valence-corrected chi connectivity index (χ2v) is 3.79. The summed E-state index contributed by atoms with van der Waals surface area (Å²) in [5, 5.41) is 7.84. The average Bonchev–Trinajstić information content (AvgIpc) is 2.53. The zero-order chi connectivity index (χ0) is 11.7. The lowest BCUT2D eigenvalue weighted by Crippen LogP contribution is -2.28. The number of amides is 1. The monoisotopic (exact) mass is 221 g/mol. The minimum atomic E-state index is -0.394. The molecule has 1 aromatic carbocycles. The molecule has 2 rings (SSSR count). The van der Waals surface area contributed by atoms with Crippen molar-refractivity contribution in [3.05, 3.63) is 35.1 Å². The van der Waals surface area contributed by atoms with Crippen LogP contribution in [0.3, 0.4) is 0 Å². The molecule has 0 aromatic heterocycles. The molecule has 3 N–H and O–H groups in total. The molecule has 0 atom stereocenters. The highest BCUT2D eigenvalue weighted by Gasteiger charge is 2.24. The molecule has 0 fully saturated rings. The Hall–Kier alpha value is -1.91. The summed E-state index contributed by atoms with van der Waals surface area (Å²) < 4.78 is 13.0. The summed E-state index contributed by atoms with van der Waals surface area (Å²) in [4.78, 5) is 12.4. The molecule has 0 bridgehead atoms. The van der Waals surface area contributed by atoms with E-state index in [1.807, 2.05) is 0 Å². The van der Waals surface area contributed by atoms with Crippen LogP contribution < -0.4 is 5.73 Å². The number of benzene rings is 1. The first-order chi connectivity index (χ1) is 7.58. The van der Waals surface area contributed by atoms with Crippen molar-refractivity contribution in [3.8, 4) is 0 Å². The highest BCUT2D eigenvalue weighted by Crippen LogP contribution is 2.23. The molecular formula is C11H12FN3O. The number of fused-ring (bicyclic) bond motifs is 1. The standard InChI is InChI=1S/C11H12FN3O/c12-8-2-1-7-6-15(4-3-10(13)16)11(14)9(7)5-8/h1-2,5,14H,3-4,6H2,(H2,13,16). The van der Waals surface area contributed by atoms with Crippen molar-refractivity contribution in [1.82, 2.24) is 4.90 Å². The van der Waals surface area contributed by atoms with Crippen molar-refractivity contribution >= 4 is 11.7 Å². The lowest BCUT2D eigenvalue weighted by Gasteiger charge is -2.16. The van der Waals surface area contributed by atoms with Crippen LogP contribution in [0, 0.1) is 11.2 Å². The Morgan fingerprint density at radius 3 is 3.00 bits per heavy atom. The molecule has 1 aromatic rings. The van der Waals surface area contributed by atoms with Gasteiger partial charge in [0.15, 0.2) is 0 Å².